The normalized spacial score (nSPS) is 16.5. The Morgan fingerprint density at radius 3 is 2.25 bits per heavy atom. The van der Waals surface area contributed by atoms with Crippen LogP contribution in [0.25, 0.3) is 0 Å². The van der Waals surface area contributed by atoms with Gasteiger partial charge in [-0.1, -0.05) is 33.6 Å². The fourth-order valence-corrected chi connectivity index (χ4v) is 1.38. The zero-order valence-electron chi connectivity index (χ0n) is 9.41. The molecule has 0 heterocycles. The summed E-state index contributed by atoms with van der Waals surface area (Å²) >= 11 is 0. The predicted octanol–water partition coefficient (Wildman–Crippen LogP) is 3.20. The molecule has 1 N–H and O–H groups in total. The third-order valence-corrected chi connectivity index (χ3v) is 2.89. The molecular formula is C11H25N. The Morgan fingerprint density at radius 2 is 1.92 bits per heavy atom. The summed E-state index contributed by atoms with van der Waals surface area (Å²) in [5.41, 5.74) is 0.370. The second-order valence-corrected chi connectivity index (χ2v) is 4.45. The van der Waals surface area contributed by atoms with Gasteiger partial charge in [-0.2, -0.15) is 0 Å². The van der Waals surface area contributed by atoms with Gasteiger partial charge < -0.3 is 5.32 Å². The Kier molecular flexibility index (Phi) is 5.56. The van der Waals surface area contributed by atoms with Crippen LogP contribution in [0, 0.1) is 5.92 Å². The molecular weight excluding hydrogens is 146 g/mol. The summed E-state index contributed by atoms with van der Waals surface area (Å²) < 4.78 is 0. The minimum Gasteiger partial charge on any atom is -0.315 e. The molecule has 0 spiro atoms. The molecule has 1 unspecified atom stereocenters. The molecule has 0 saturated carbocycles. The topological polar surface area (TPSA) is 12.0 Å². The maximum absolute atomic E-state index is 3.40. The fourth-order valence-electron chi connectivity index (χ4n) is 1.38. The van der Waals surface area contributed by atoms with E-state index in [1.807, 2.05) is 0 Å². The minimum absolute atomic E-state index is 0.370. The molecule has 0 aliphatic heterocycles. The Morgan fingerprint density at radius 1 is 1.33 bits per heavy atom. The SMILES string of the molecule is CCC(C)(CCCC(C)C)NC. The van der Waals surface area contributed by atoms with Crippen molar-refractivity contribution in [1.29, 1.82) is 0 Å². The number of hydrogen-bond donors (Lipinski definition) is 1. The van der Waals surface area contributed by atoms with Gasteiger partial charge in [0.05, 0.1) is 0 Å². The lowest BCUT2D eigenvalue weighted by molar-refractivity contribution is 0.324. The number of nitrogens with one attached hydrogen (secondary N) is 1. The van der Waals surface area contributed by atoms with Crippen molar-refractivity contribution in [2.75, 3.05) is 7.05 Å². The summed E-state index contributed by atoms with van der Waals surface area (Å²) in [6.45, 7) is 9.16. The molecule has 0 bridgehead atoms. The quantitative estimate of drug-likeness (QED) is 0.647. The Balaban J connectivity index is 3.58. The van der Waals surface area contributed by atoms with E-state index in [1.54, 1.807) is 0 Å². The first kappa shape index (κ1) is 12.0. The fraction of sp³-hybridized carbons (Fsp3) is 1.00. The summed E-state index contributed by atoms with van der Waals surface area (Å²) in [5, 5.41) is 3.40. The molecule has 0 amide bonds. The van der Waals surface area contributed by atoms with Gasteiger partial charge in [-0.25, -0.2) is 0 Å². The molecule has 0 saturated heterocycles. The van der Waals surface area contributed by atoms with E-state index in [4.69, 9.17) is 0 Å². The van der Waals surface area contributed by atoms with Crippen LogP contribution in [0.1, 0.15) is 53.4 Å². The van der Waals surface area contributed by atoms with Gasteiger partial charge in [0.25, 0.3) is 0 Å². The molecule has 0 radical (unpaired) electrons. The van der Waals surface area contributed by atoms with E-state index >= 15 is 0 Å². The number of hydrogen-bond acceptors (Lipinski definition) is 1. The summed E-state index contributed by atoms with van der Waals surface area (Å²) in [6.07, 6.45) is 5.24. The van der Waals surface area contributed by atoms with Crippen LogP contribution in [0.15, 0.2) is 0 Å². The van der Waals surface area contributed by atoms with Crippen LogP contribution in [-0.4, -0.2) is 12.6 Å². The van der Waals surface area contributed by atoms with E-state index < -0.39 is 0 Å². The highest BCUT2D eigenvalue weighted by atomic mass is 14.9. The molecule has 1 nitrogen and oxygen atoms in total. The second-order valence-electron chi connectivity index (χ2n) is 4.45. The predicted molar refractivity (Wildman–Crippen MR) is 56.4 cm³/mol. The van der Waals surface area contributed by atoms with E-state index in [0.29, 0.717) is 5.54 Å². The highest BCUT2D eigenvalue weighted by molar-refractivity contribution is 4.79. The molecule has 12 heavy (non-hydrogen) atoms. The molecule has 0 aliphatic rings. The zero-order chi connectivity index (χ0) is 9.61. The van der Waals surface area contributed by atoms with E-state index in [1.165, 1.54) is 25.7 Å². The van der Waals surface area contributed by atoms with Gasteiger partial charge >= 0.3 is 0 Å². The first-order valence-corrected chi connectivity index (χ1v) is 5.23. The molecule has 1 heteroatoms. The van der Waals surface area contributed by atoms with Crippen molar-refractivity contribution in [1.82, 2.24) is 5.32 Å². The van der Waals surface area contributed by atoms with E-state index in [9.17, 15) is 0 Å². The van der Waals surface area contributed by atoms with Crippen LogP contribution >= 0.6 is 0 Å². The summed E-state index contributed by atoms with van der Waals surface area (Å²) in [6, 6.07) is 0. The van der Waals surface area contributed by atoms with Gasteiger partial charge in [-0.15, -0.1) is 0 Å². The van der Waals surface area contributed by atoms with Crippen molar-refractivity contribution in [3.05, 3.63) is 0 Å². The van der Waals surface area contributed by atoms with Gasteiger partial charge in [0.2, 0.25) is 0 Å². The summed E-state index contributed by atoms with van der Waals surface area (Å²) in [5.74, 6) is 0.850. The van der Waals surface area contributed by atoms with Crippen molar-refractivity contribution in [2.45, 2.75) is 58.9 Å². The van der Waals surface area contributed by atoms with Crippen molar-refractivity contribution in [2.24, 2.45) is 5.92 Å². The van der Waals surface area contributed by atoms with Gasteiger partial charge in [-0.3, -0.25) is 0 Å². The molecule has 1 atom stereocenters. The van der Waals surface area contributed by atoms with Crippen LogP contribution in [0.3, 0.4) is 0 Å². The Hall–Kier alpha value is -0.0400. The first-order valence-electron chi connectivity index (χ1n) is 5.23. The van der Waals surface area contributed by atoms with Crippen molar-refractivity contribution >= 4 is 0 Å². The first-order chi connectivity index (χ1) is 5.54. The lowest BCUT2D eigenvalue weighted by atomic mass is 9.90. The summed E-state index contributed by atoms with van der Waals surface area (Å²) in [4.78, 5) is 0. The molecule has 0 aliphatic carbocycles. The third kappa shape index (κ3) is 4.76. The van der Waals surface area contributed by atoms with Gasteiger partial charge in [0.1, 0.15) is 0 Å². The smallest absolute Gasteiger partial charge is 0.0147 e. The Bertz CT molecular complexity index is 104. The van der Waals surface area contributed by atoms with Gasteiger partial charge in [-0.05, 0) is 32.7 Å². The standard InChI is InChI=1S/C11H25N/c1-6-11(4,12-5)9-7-8-10(2)3/h10,12H,6-9H2,1-5H3. The maximum Gasteiger partial charge on any atom is 0.0147 e. The van der Waals surface area contributed by atoms with E-state index in [-0.39, 0.29) is 0 Å². The van der Waals surface area contributed by atoms with Crippen LogP contribution in [-0.2, 0) is 0 Å². The van der Waals surface area contributed by atoms with Crippen LogP contribution < -0.4 is 5.32 Å². The highest BCUT2D eigenvalue weighted by Crippen LogP contribution is 2.18. The second kappa shape index (κ2) is 5.58. The number of rotatable bonds is 6. The van der Waals surface area contributed by atoms with Gasteiger partial charge in [0.15, 0.2) is 0 Å². The Labute approximate surface area is 77.9 Å². The monoisotopic (exact) mass is 171 g/mol. The molecule has 0 fully saturated rings. The molecule has 74 valence electrons. The average Bonchev–Trinajstić information content (AvgIpc) is 2.03. The third-order valence-electron chi connectivity index (χ3n) is 2.89. The zero-order valence-corrected chi connectivity index (χ0v) is 9.41. The molecule has 0 rings (SSSR count). The van der Waals surface area contributed by atoms with Gasteiger partial charge in [0, 0.05) is 5.54 Å². The molecule has 0 aromatic rings. The van der Waals surface area contributed by atoms with Crippen molar-refractivity contribution < 1.29 is 0 Å². The maximum atomic E-state index is 3.40. The van der Waals surface area contributed by atoms with Crippen LogP contribution in [0.4, 0.5) is 0 Å². The van der Waals surface area contributed by atoms with Crippen molar-refractivity contribution in [3.63, 3.8) is 0 Å². The van der Waals surface area contributed by atoms with Crippen molar-refractivity contribution in [3.8, 4) is 0 Å². The highest BCUT2D eigenvalue weighted by Gasteiger charge is 2.18. The van der Waals surface area contributed by atoms with E-state index in [2.05, 4.69) is 40.1 Å². The summed E-state index contributed by atoms with van der Waals surface area (Å²) in [7, 11) is 2.07. The van der Waals surface area contributed by atoms with E-state index in [0.717, 1.165) is 5.92 Å². The lowest BCUT2D eigenvalue weighted by Crippen LogP contribution is -2.38. The lowest BCUT2D eigenvalue weighted by Gasteiger charge is -2.28. The van der Waals surface area contributed by atoms with Crippen LogP contribution in [0.5, 0.6) is 0 Å². The average molecular weight is 171 g/mol. The molecule has 0 aromatic carbocycles. The van der Waals surface area contributed by atoms with Crippen LogP contribution in [0.2, 0.25) is 0 Å². The largest absolute Gasteiger partial charge is 0.315 e. The molecule has 0 aromatic heterocycles. The minimum atomic E-state index is 0.370.